The second-order valence-corrected chi connectivity index (χ2v) is 6.32. The number of likely N-dealkylation sites (tertiary alicyclic amines) is 1. The van der Waals surface area contributed by atoms with Crippen LogP contribution in [0.15, 0.2) is 24.3 Å². The molecule has 0 aliphatic carbocycles. The smallest absolute Gasteiger partial charge is 0.321 e. The van der Waals surface area contributed by atoms with Gasteiger partial charge in [0.25, 0.3) is 5.91 Å². The van der Waals surface area contributed by atoms with Crippen LogP contribution in [0.5, 0.6) is 0 Å². The number of nitrogens with one attached hydrogen (secondary N) is 1. The molecule has 0 radical (unpaired) electrons. The lowest BCUT2D eigenvalue weighted by Gasteiger charge is -2.36. The average molecular weight is 333 g/mol. The van der Waals surface area contributed by atoms with Gasteiger partial charge in [0, 0.05) is 37.9 Å². The Labute approximate surface area is 141 Å². The van der Waals surface area contributed by atoms with E-state index in [1.807, 2.05) is 6.92 Å². The van der Waals surface area contributed by atoms with E-state index in [2.05, 4.69) is 5.32 Å². The predicted molar refractivity (Wildman–Crippen MR) is 90.0 cm³/mol. The number of benzene rings is 1. The molecule has 1 saturated heterocycles. The largest absolute Gasteiger partial charge is 0.481 e. The van der Waals surface area contributed by atoms with Crippen molar-refractivity contribution in [3.63, 3.8) is 0 Å². The second-order valence-electron chi connectivity index (χ2n) is 6.32. The van der Waals surface area contributed by atoms with Crippen LogP contribution in [0.1, 0.15) is 30.1 Å². The maximum atomic E-state index is 12.8. The summed E-state index contributed by atoms with van der Waals surface area (Å²) in [6.07, 6.45) is 1.25. The van der Waals surface area contributed by atoms with Crippen LogP contribution in [0.4, 0.5) is 10.5 Å². The summed E-state index contributed by atoms with van der Waals surface area (Å²) in [7, 11) is 3.26. The minimum atomic E-state index is -0.869. The van der Waals surface area contributed by atoms with E-state index in [0.29, 0.717) is 24.1 Å². The molecule has 2 unspecified atom stereocenters. The highest BCUT2D eigenvalue weighted by atomic mass is 16.4. The van der Waals surface area contributed by atoms with Crippen molar-refractivity contribution in [2.24, 2.45) is 5.92 Å². The molecule has 1 heterocycles. The van der Waals surface area contributed by atoms with E-state index < -0.39 is 11.9 Å². The van der Waals surface area contributed by atoms with Gasteiger partial charge in [0.2, 0.25) is 0 Å². The fourth-order valence-electron chi connectivity index (χ4n) is 2.72. The first-order valence-electron chi connectivity index (χ1n) is 7.91. The quantitative estimate of drug-likeness (QED) is 0.886. The molecule has 3 amide bonds. The molecule has 1 aliphatic heterocycles. The summed E-state index contributed by atoms with van der Waals surface area (Å²) < 4.78 is 0. The van der Waals surface area contributed by atoms with Crippen molar-refractivity contribution in [2.45, 2.75) is 25.8 Å². The normalized spacial score (nSPS) is 20.4. The lowest BCUT2D eigenvalue weighted by molar-refractivity contribution is -0.143. The van der Waals surface area contributed by atoms with E-state index >= 15 is 0 Å². The van der Waals surface area contributed by atoms with Gasteiger partial charge in [-0.05, 0) is 38.0 Å². The molecule has 2 atom stereocenters. The van der Waals surface area contributed by atoms with Crippen LogP contribution in [-0.4, -0.2) is 59.5 Å². The number of carbonyl (C=O) groups excluding carboxylic acids is 2. The Balaban J connectivity index is 2.16. The van der Waals surface area contributed by atoms with Crippen molar-refractivity contribution >= 4 is 23.6 Å². The van der Waals surface area contributed by atoms with E-state index in [4.69, 9.17) is 0 Å². The monoisotopic (exact) mass is 333 g/mol. The molecule has 1 aromatic carbocycles. The molecule has 2 N–H and O–H groups in total. The number of urea groups is 1. The van der Waals surface area contributed by atoms with Gasteiger partial charge in [-0.25, -0.2) is 4.79 Å². The van der Waals surface area contributed by atoms with Crippen LogP contribution in [0, 0.1) is 5.92 Å². The van der Waals surface area contributed by atoms with E-state index in [0.717, 1.165) is 0 Å². The molecule has 130 valence electrons. The molecule has 24 heavy (non-hydrogen) atoms. The fraction of sp³-hybridized carbons (Fsp3) is 0.471. The molecule has 0 aromatic heterocycles. The van der Waals surface area contributed by atoms with Gasteiger partial charge in [0.05, 0.1) is 5.92 Å². The first-order chi connectivity index (χ1) is 11.3. The predicted octanol–water partition coefficient (Wildman–Crippen LogP) is 2.11. The Bertz CT molecular complexity index is 644. The summed E-state index contributed by atoms with van der Waals surface area (Å²) in [5, 5.41) is 11.9. The topological polar surface area (TPSA) is 90.0 Å². The van der Waals surface area contributed by atoms with Crippen molar-refractivity contribution in [1.82, 2.24) is 9.80 Å². The van der Waals surface area contributed by atoms with E-state index in [9.17, 15) is 19.5 Å². The number of rotatable bonds is 3. The molecule has 7 nitrogen and oxygen atoms in total. The third-order valence-electron chi connectivity index (χ3n) is 4.26. The molecular weight excluding hydrogens is 310 g/mol. The number of piperidine rings is 1. The number of carboxylic acid groups (broad SMARTS) is 1. The maximum Gasteiger partial charge on any atom is 0.321 e. The van der Waals surface area contributed by atoms with Gasteiger partial charge in [-0.2, -0.15) is 0 Å². The van der Waals surface area contributed by atoms with E-state index in [-0.39, 0.29) is 24.5 Å². The Hall–Kier alpha value is -2.57. The number of anilines is 1. The molecule has 0 spiro atoms. The summed E-state index contributed by atoms with van der Waals surface area (Å²) in [6, 6.07) is 6.40. The Kier molecular flexibility index (Phi) is 5.43. The molecule has 0 bridgehead atoms. The second kappa shape index (κ2) is 7.33. The van der Waals surface area contributed by atoms with E-state index in [1.54, 1.807) is 43.3 Å². The maximum absolute atomic E-state index is 12.8. The Morgan fingerprint density at radius 2 is 1.96 bits per heavy atom. The van der Waals surface area contributed by atoms with Gasteiger partial charge in [0.15, 0.2) is 0 Å². The van der Waals surface area contributed by atoms with Gasteiger partial charge >= 0.3 is 12.0 Å². The molecule has 1 fully saturated rings. The summed E-state index contributed by atoms with van der Waals surface area (Å²) in [5.74, 6) is -1.61. The number of carboxylic acids is 1. The Morgan fingerprint density at radius 3 is 2.58 bits per heavy atom. The highest BCUT2D eigenvalue weighted by Crippen LogP contribution is 2.24. The first-order valence-corrected chi connectivity index (χ1v) is 7.91. The van der Waals surface area contributed by atoms with Crippen LogP contribution in [-0.2, 0) is 4.79 Å². The first kappa shape index (κ1) is 17.8. The standard InChI is InChI=1S/C17H23N3O4/c1-11-7-8-13(16(22)23)10-20(11)15(21)12-5-4-6-14(9-12)18-17(24)19(2)3/h4-6,9,11,13H,7-8,10H2,1-3H3,(H,18,24)(H,22,23). The van der Waals surface area contributed by atoms with Crippen LogP contribution in [0.3, 0.4) is 0 Å². The molecule has 1 aromatic rings. The number of hydrogen-bond donors (Lipinski definition) is 2. The zero-order valence-corrected chi connectivity index (χ0v) is 14.2. The highest BCUT2D eigenvalue weighted by molar-refractivity contribution is 5.97. The average Bonchev–Trinajstić information content (AvgIpc) is 2.54. The minimum absolute atomic E-state index is 0.00637. The molecule has 0 saturated carbocycles. The van der Waals surface area contributed by atoms with Crippen LogP contribution in [0.2, 0.25) is 0 Å². The number of carbonyl (C=O) groups is 3. The highest BCUT2D eigenvalue weighted by Gasteiger charge is 2.33. The number of hydrogen-bond acceptors (Lipinski definition) is 3. The van der Waals surface area contributed by atoms with Gasteiger partial charge < -0.3 is 20.2 Å². The van der Waals surface area contributed by atoms with Crippen LogP contribution < -0.4 is 5.32 Å². The zero-order chi connectivity index (χ0) is 17.9. The van der Waals surface area contributed by atoms with Gasteiger partial charge in [-0.3, -0.25) is 9.59 Å². The van der Waals surface area contributed by atoms with Gasteiger partial charge in [-0.1, -0.05) is 6.07 Å². The van der Waals surface area contributed by atoms with Gasteiger partial charge in [0.1, 0.15) is 0 Å². The molecule has 2 rings (SSSR count). The SMILES string of the molecule is CC1CCC(C(=O)O)CN1C(=O)c1cccc(NC(=O)N(C)C)c1. The lowest BCUT2D eigenvalue weighted by Crippen LogP contribution is -2.47. The van der Waals surface area contributed by atoms with Crippen LogP contribution in [0.25, 0.3) is 0 Å². The number of aliphatic carboxylic acids is 1. The summed E-state index contributed by atoms with van der Waals surface area (Å²) in [4.78, 5) is 38.7. The van der Waals surface area contributed by atoms with Crippen molar-refractivity contribution in [3.05, 3.63) is 29.8 Å². The van der Waals surface area contributed by atoms with Crippen LogP contribution >= 0.6 is 0 Å². The minimum Gasteiger partial charge on any atom is -0.481 e. The van der Waals surface area contributed by atoms with Crippen molar-refractivity contribution < 1.29 is 19.5 Å². The zero-order valence-electron chi connectivity index (χ0n) is 14.2. The van der Waals surface area contributed by atoms with Crippen molar-refractivity contribution in [1.29, 1.82) is 0 Å². The molecule has 1 aliphatic rings. The summed E-state index contributed by atoms with van der Waals surface area (Å²) in [5.41, 5.74) is 0.962. The van der Waals surface area contributed by atoms with Crippen molar-refractivity contribution in [3.8, 4) is 0 Å². The van der Waals surface area contributed by atoms with E-state index in [1.165, 1.54) is 4.90 Å². The molecule has 7 heteroatoms. The number of nitrogens with zero attached hydrogens (tertiary/aromatic N) is 2. The van der Waals surface area contributed by atoms with Gasteiger partial charge in [-0.15, -0.1) is 0 Å². The molecular formula is C17H23N3O4. The third kappa shape index (κ3) is 4.04. The fourth-order valence-corrected chi connectivity index (χ4v) is 2.72. The number of amides is 3. The summed E-state index contributed by atoms with van der Waals surface area (Å²) in [6.45, 7) is 2.14. The van der Waals surface area contributed by atoms with Crippen molar-refractivity contribution in [2.75, 3.05) is 26.0 Å². The summed E-state index contributed by atoms with van der Waals surface area (Å²) >= 11 is 0. The Morgan fingerprint density at radius 1 is 1.25 bits per heavy atom. The lowest BCUT2D eigenvalue weighted by atomic mass is 9.93. The third-order valence-corrected chi connectivity index (χ3v) is 4.26.